The minimum atomic E-state index is -4.96. The van der Waals surface area contributed by atoms with Crippen LogP contribution in [-0.4, -0.2) is 96.7 Å². The highest BCUT2D eigenvalue weighted by molar-refractivity contribution is 7.47. The lowest BCUT2D eigenvalue weighted by atomic mass is 9.99. The average molecular weight is 1510 g/mol. The zero-order valence-corrected chi connectivity index (χ0v) is 69.6. The first-order chi connectivity index (χ1) is 49.8. The Morgan fingerprint density at radius 1 is 0.282 bits per heavy atom. The van der Waals surface area contributed by atoms with Gasteiger partial charge in [0.15, 0.2) is 12.2 Å². The van der Waals surface area contributed by atoms with Crippen LogP contribution in [0.2, 0.25) is 0 Å². The summed E-state index contributed by atoms with van der Waals surface area (Å²) in [6, 6.07) is 0. The molecule has 0 aliphatic heterocycles. The highest BCUT2D eigenvalue weighted by atomic mass is 31.2. The summed E-state index contributed by atoms with van der Waals surface area (Å²) in [6.45, 7) is 12.0. The van der Waals surface area contributed by atoms with Crippen molar-refractivity contribution in [2.24, 2.45) is 17.8 Å². The fourth-order valence-electron chi connectivity index (χ4n) is 13.0. The van der Waals surface area contributed by atoms with Gasteiger partial charge in [-0.05, 0) is 43.4 Å². The Morgan fingerprint density at radius 2 is 0.495 bits per heavy atom. The van der Waals surface area contributed by atoms with Gasteiger partial charge in [-0.15, -0.1) is 0 Å². The largest absolute Gasteiger partial charge is 0.472 e. The molecule has 0 heterocycles. The second-order valence-corrected chi connectivity index (χ2v) is 34.3. The molecular weight excluding hydrogens is 1340 g/mol. The second-order valence-electron chi connectivity index (χ2n) is 31.4. The first kappa shape index (κ1) is 101. The third-order valence-corrected chi connectivity index (χ3v) is 21.9. The number of phosphoric acid groups is 2. The molecule has 103 heavy (non-hydrogen) atoms. The fourth-order valence-corrected chi connectivity index (χ4v) is 14.6. The topological polar surface area (TPSA) is 237 Å². The second kappa shape index (κ2) is 74.2. The Hall–Kier alpha value is -1.94. The molecule has 19 heteroatoms. The van der Waals surface area contributed by atoms with Crippen LogP contribution in [-0.2, 0) is 65.4 Å². The van der Waals surface area contributed by atoms with E-state index in [0.717, 1.165) is 108 Å². The van der Waals surface area contributed by atoms with Crippen LogP contribution in [0.25, 0.3) is 0 Å². The molecule has 0 radical (unpaired) electrons. The Balaban J connectivity index is 5.24. The van der Waals surface area contributed by atoms with Gasteiger partial charge in [0.1, 0.15) is 19.3 Å². The van der Waals surface area contributed by atoms with Gasteiger partial charge in [-0.1, -0.05) is 389 Å². The van der Waals surface area contributed by atoms with E-state index < -0.39 is 97.5 Å². The fraction of sp³-hybridized carbons (Fsp3) is 0.952. The summed E-state index contributed by atoms with van der Waals surface area (Å²) < 4.78 is 68.8. The first-order valence-electron chi connectivity index (χ1n) is 43.4. The maximum absolute atomic E-state index is 13.1. The summed E-state index contributed by atoms with van der Waals surface area (Å²) in [5, 5.41) is 10.7. The molecule has 0 aliphatic carbocycles. The molecule has 3 unspecified atom stereocenters. The number of hydrogen-bond donors (Lipinski definition) is 3. The van der Waals surface area contributed by atoms with E-state index in [2.05, 4.69) is 48.5 Å². The number of hydrogen-bond acceptors (Lipinski definition) is 15. The highest BCUT2D eigenvalue weighted by Crippen LogP contribution is 2.45. The molecule has 0 amide bonds. The summed E-state index contributed by atoms with van der Waals surface area (Å²) in [6.07, 6.45) is 63.9. The molecule has 0 aromatic carbocycles. The number of esters is 4. The predicted octanol–water partition coefficient (Wildman–Crippen LogP) is 25.3. The summed E-state index contributed by atoms with van der Waals surface area (Å²) >= 11 is 0. The van der Waals surface area contributed by atoms with Crippen molar-refractivity contribution in [3.8, 4) is 0 Å². The molecule has 0 bridgehead atoms. The van der Waals surface area contributed by atoms with Crippen molar-refractivity contribution in [1.29, 1.82) is 0 Å². The van der Waals surface area contributed by atoms with E-state index in [1.807, 2.05) is 0 Å². The molecule has 0 aliphatic rings. The molecule has 6 atom stereocenters. The highest BCUT2D eigenvalue weighted by Gasteiger charge is 2.30. The van der Waals surface area contributed by atoms with E-state index in [-0.39, 0.29) is 25.7 Å². The Labute approximate surface area is 632 Å². The number of rotatable bonds is 82. The van der Waals surface area contributed by atoms with Gasteiger partial charge < -0.3 is 33.8 Å². The van der Waals surface area contributed by atoms with Gasteiger partial charge in [-0.25, -0.2) is 9.13 Å². The van der Waals surface area contributed by atoms with Crippen molar-refractivity contribution >= 4 is 39.5 Å². The number of aliphatic hydroxyl groups is 1. The normalized spacial score (nSPS) is 14.2. The minimum absolute atomic E-state index is 0.106. The Bertz CT molecular complexity index is 1990. The number of aliphatic hydroxyl groups excluding tert-OH is 1. The number of ether oxygens (including phenoxy) is 4. The predicted molar refractivity (Wildman–Crippen MR) is 423 cm³/mol. The van der Waals surface area contributed by atoms with Crippen LogP contribution in [0.4, 0.5) is 0 Å². The number of carbonyl (C=O) groups is 4. The third kappa shape index (κ3) is 76.6. The van der Waals surface area contributed by atoms with E-state index in [1.54, 1.807) is 0 Å². The molecule has 0 fully saturated rings. The number of unbranched alkanes of at least 4 members (excludes halogenated alkanes) is 49. The SMILES string of the molecule is CCCCCCCCCCCCCCCCCCCCCC(=O)O[C@H](COC(=O)CCCCCCCCCCCCCCCCC(C)CC)COP(=O)(O)OC[C@@H](O)COP(=O)(O)OC[C@@H](COC(=O)CCCCCCCCCC(C)C)OC(=O)CCCCCCCCCCCCCCCC(C)C. The molecule has 0 rings (SSSR count). The van der Waals surface area contributed by atoms with Gasteiger partial charge in [-0.2, -0.15) is 0 Å². The zero-order chi connectivity index (χ0) is 75.8. The quantitative estimate of drug-likeness (QED) is 0.0222. The lowest BCUT2D eigenvalue weighted by Gasteiger charge is -2.21. The van der Waals surface area contributed by atoms with Gasteiger partial charge in [-0.3, -0.25) is 37.3 Å². The summed E-state index contributed by atoms with van der Waals surface area (Å²) in [4.78, 5) is 73.1. The maximum Gasteiger partial charge on any atom is 0.472 e. The monoisotopic (exact) mass is 1510 g/mol. The van der Waals surface area contributed by atoms with E-state index >= 15 is 0 Å². The van der Waals surface area contributed by atoms with Crippen molar-refractivity contribution in [2.75, 3.05) is 39.6 Å². The zero-order valence-electron chi connectivity index (χ0n) is 67.8. The van der Waals surface area contributed by atoms with Crippen LogP contribution in [0.3, 0.4) is 0 Å². The van der Waals surface area contributed by atoms with Crippen LogP contribution in [0, 0.1) is 17.8 Å². The van der Waals surface area contributed by atoms with E-state index in [0.29, 0.717) is 31.6 Å². The molecule has 0 saturated heterocycles. The lowest BCUT2D eigenvalue weighted by Crippen LogP contribution is -2.30. The van der Waals surface area contributed by atoms with Crippen molar-refractivity contribution in [3.05, 3.63) is 0 Å². The summed E-state index contributed by atoms with van der Waals surface area (Å²) in [7, 11) is -9.93. The smallest absolute Gasteiger partial charge is 0.462 e. The molecule has 0 aromatic rings. The minimum Gasteiger partial charge on any atom is -0.462 e. The molecule has 612 valence electrons. The van der Waals surface area contributed by atoms with Gasteiger partial charge in [0.2, 0.25) is 0 Å². The van der Waals surface area contributed by atoms with E-state index in [1.165, 1.54) is 244 Å². The van der Waals surface area contributed by atoms with Crippen molar-refractivity contribution < 1.29 is 80.2 Å². The first-order valence-corrected chi connectivity index (χ1v) is 46.4. The van der Waals surface area contributed by atoms with Crippen LogP contribution < -0.4 is 0 Å². The summed E-state index contributed by atoms with van der Waals surface area (Å²) in [5.41, 5.74) is 0. The number of carbonyl (C=O) groups excluding carboxylic acids is 4. The van der Waals surface area contributed by atoms with Crippen molar-refractivity contribution in [1.82, 2.24) is 0 Å². The third-order valence-electron chi connectivity index (χ3n) is 20.0. The molecule has 3 N–H and O–H groups in total. The van der Waals surface area contributed by atoms with E-state index in [4.69, 9.17) is 37.0 Å². The van der Waals surface area contributed by atoms with Crippen molar-refractivity contribution in [3.63, 3.8) is 0 Å². The molecule has 0 saturated carbocycles. The van der Waals surface area contributed by atoms with Gasteiger partial charge in [0.05, 0.1) is 26.4 Å². The summed E-state index contributed by atoms with van der Waals surface area (Å²) in [5.74, 6) is 0.234. The van der Waals surface area contributed by atoms with Gasteiger partial charge >= 0.3 is 39.5 Å². The van der Waals surface area contributed by atoms with Crippen LogP contribution in [0.1, 0.15) is 440 Å². The molecule has 17 nitrogen and oxygen atoms in total. The molecular formula is C84H164O17P2. The Morgan fingerprint density at radius 3 is 0.738 bits per heavy atom. The van der Waals surface area contributed by atoms with Crippen LogP contribution in [0.15, 0.2) is 0 Å². The average Bonchev–Trinajstić information content (AvgIpc) is 0.915. The van der Waals surface area contributed by atoms with Crippen molar-refractivity contribution in [2.45, 2.75) is 458 Å². The lowest BCUT2D eigenvalue weighted by molar-refractivity contribution is -0.161. The van der Waals surface area contributed by atoms with Crippen LogP contribution in [0.5, 0.6) is 0 Å². The maximum atomic E-state index is 13.1. The molecule has 0 aromatic heterocycles. The Kier molecular flexibility index (Phi) is 72.8. The standard InChI is InChI=1S/C84H164O17P2/c1-8-10-11-12-13-14-15-16-17-18-19-20-21-28-33-38-45-53-60-67-83(88)100-79(71-94-81(86)65-58-51-44-37-32-27-23-22-26-31-36-43-50-57-64-77(7)9-2)73-98-102(90,91)96-69-78(85)70-97-103(92,93)99-74-80(72-95-82(87)66-59-52-47-40-42-49-56-63-76(5)6)101-84(89)68-61-54-46-39-34-29-24-25-30-35-41-48-55-62-75(3)4/h75-80,85H,8-74H2,1-7H3,(H,90,91)(H,92,93)/t77?,78-,79-,80-/m1/s1. The van der Waals surface area contributed by atoms with Crippen LogP contribution >= 0.6 is 15.6 Å². The van der Waals surface area contributed by atoms with Gasteiger partial charge in [0.25, 0.3) is 0 Å². The van der Waals surface area contributed by atoms with Gasteiger partial charge in [0, 0.05) is 25.7 Å². The number of phosphoric ester groups is 2. The molecule has 0 spiro atoms. The van der Waals surface area contributed by atoms with E-state index in [9.17, 15) is 43.2 Å².